The molecule has 0 saturated heterocycles. The second-order valence-electron chi connectivity index (χ2n) is 9.45. The first-order valence-corrected chi connectivity index (χ1v) is 12.5. The third-order valence-corrected chi connectivity index (χ3v) is 6.99. The first-order valence-electron chi connectivity index (χ1n) is 12.5. The molecular formula is C31H24N4O4. The first-order chi connectivity index (χ1) is 18.9. The van der Waals surface area contributed by atoms with Crippen LogP contribution in [0.3, 0.4) is 0 Å². The van der Waals surface area contributed by atoms with E-state index in [1.165, 1.54) is 23.7 Å². The van der Waals surface area contributed by atoms with Gasteiger partial charge in [-0.15, -0.1) is 0 Å². The largest absolute Gasteiger partial charge is 0.478 e. The summed E-state index contributed by atoms with van der Waals surface area (Å²) in [6.07, 6.45) is 0. The Morgan fingerprint density at radius 1 is 0.846 bits per heavy atom. The Bertz CT molecular complexity index is 2000. The summed E-state index contributed by atoms with van der Waals surface area (Å²) >= 11 is 0. The highest BCUT2D eigenvalue weighted by Crippen LogP contribution is 2.29. The summed E-state index contributed by atoms with van der Waals surface area (Å²) in [5.74, 6) is -1.07. The number of hydrogen-bond acceptors (Lipinski definition) is 4. The van der Waals surface area contributed by atoms with Crippen molar-refractivity contribution < 1.29 is 9.90 Å². The monoisotopic (exact) mass is 516 g/mol. The van der Waals surface area contributed by atoms with Crippen molar-refractivity contribution >= 4 is 27.8 Å². The number of aromatic carboxylic acids is 1. The predicted octanol–water partition coefficient (Wildman–Crippen LogP) is 4.51. The molecule has 0 spiro atoms. The smallest absolute Gasteiger partial charge is 0.335 e. The van der Waals surface area contributed by atoms with Gasteiger partial charge in [-0.25, -0.2) is 9.59 Å². The van der Waals surface area contributed by atoms with Gasteiger partial charge in [-0.1, -0.05) is 84.9 Å². The maximum atomic E-state index is 13.6. The van der Waals surface area contributed by atoms with Gasteiger partial charge in [0.15, 0.2) is 5.65 Å². The zero-order chi connectivity index (χ0) is 27.1. The second-order valence-corrected chi connectivity index (χ2v) is 9.45. The van der Waals surface area contributed by atoms with Crippen LogP contribution in [-0.4, -0.2) is 30.0 Å². The van der Waals surface area contributed by atoms with Crippen molar-refractivity contribution in [2.45, 2.75) is 13.1 Å². The van der Waals surface area contributed by atoms with Crippen LogP contribution in [0.2, 0.25) is 0 Å². The minimum absolute atomic E-state index is 0.0907. The lowest BCUT2D eigenvalue weighted by molar-refractivity contribution is 0.0697. The average molecular weight is 517 g/mol. The predicted molar refractivity (Wildman–Crippen MR) is 150 cm³/mol. The number of aromatic nitrogens is 4. The fourth-order valence-electron chi connectivity index (χ4n) is 5.07. The van der Waals surface area contributed by atoms with Crippen LogP contribution in [0.4, 0.5) is 0 Å². The highest BCUT2D eigenvalue weighted by atomic mass is 16.4. The highest BCUT2D eigenvalue weighted by molar-refractivity contribution is 5.94. The highest BCUT2D eigenvalue weighted by Gasteiger charge is 2.23. The maximum absolute atomic E-state index is 13.6. The molecule has 0 saturated carbocycles. The zero-order valence-electron chi connectivity index (χ0n) is 21.1. The summed E-state index contributed by atoms with van der Waals surface area (Å²) in [5, 5.41) is 16.9. The summed E-state index contributed by atoms with van der Waals surface area (Å²) < 4.78 is 4.28. The molecule has 2 heterocycles. The molecule has 0 aliphatic heterocycles. The minimum Gasteiger partial charge on any atom is -0.478 e. The lowest BCUT2D eigenvalue weighted by Crippen LogP contribution is -2.38. The fourth-order valence-corrected chi connectivity index (χ4v) is 5.07. The number of benzene rings is 4. The number of carboxylic acids is 1. The van der Waals surface area contributed by atoms with E-state index in [1.807, 2.05) is 72.8 Å². The van der Waals surface area contributed by atoms with Gasteiger partial charge in [0, 0.05) is 12.6 Å². The number of carboxylic acid groups (broad SMARTS) is 1. The lowest BCUT2D eigenvalue weighted by Gasteiger charge is -2.11. The van der Waals surface area contributed by atoms with Crippen molar-refractivity contribution in [3.8, 4) is 11.3 Å². The van der Waals surface area contributed by atoms with E-state index in [-0.39, 0.29) is 23.1 Å². The number of rotatable bonds is 6. The summed E-state index contributed by atoms with van der Waals surface area (Å²) in [7, 11) is 1.45. The van der Waals surface area contributed by atoms with E-state index in [9.17, 15) is 19.5 Å². The zero-order valence-corrected chi connectivity index (χ0v) is 21.1. The Morgan fingerprint density at radius 2 is 1.56 bits per heavy atom. The van der Waals surface area contributed by atoms with E-state index in [0.717, 1.165) is 26.5 Å². The molecule has 0 aliphatic rings. The van der Waals surface area contributed by atoms with Gasteiger partial charge < -0.3 is 5.11 Å². The molecular weight excluding hydrogens is 492 g/mol. The van der Waals surface area contributed by atoms with Crippen LogP contribution in [0, 0.1) is 0 Å². The molecule has 0 amide bonds. The van der Waals surface area contributed by atoms with Crippen LogP contribution in [0.25, 0.3) is 33.1 Å². The third kappa shape index (κ3) is 4.21. The Balaban J connectivity index is 1.66. The van der Waals surface area contributed by atoms with Crippen LogP contribution in [0.5, 0.6) is 0 Å². The van der Waals surface area contributed by atoms with Gasteiger partial charge in [-0.3, -0.25) is 18.6 Å². The molecule has 0 radical (unpaired) electrons. The van der Waals surface area contributed by atoms with Crippen molar-refractivity contribution in [2.75, 3.05) is 0 Å². The van der Waals surface area contributed by atoms with Crippen molar-refractivity contribution in [3.05, 3.63) is 135 Å². The lowest BCUT2D eigenvalue weighted by atomic mass is 10.0. The Hall–Kier alpha value is -5.24. The molecule has 6 rings (SSSR count). The molecule has 0 unspecified atom stereocenters. The van der Waals surface area contributed by atoms with E-state index in [4.69, 9.17) is 5.10 Å². The molecule has 1 N–H and O–H groups in total. The van der Waals surface area contributed by atoms with Gasteiger partial charge in [0.1, 0.15) is 5.39 Å². The van der Waals surface area contributed by atoms with Crippen molar-refractivity contribution in [1.82, 2.24) is 18.9 Å². The van der Waals surface area contributed by atoms with E-state index in [0.29, 0.717) is 17.8 Å². The summed E-state index contributed by atoms with van der Waals surface area (Å²) in [5.41, 5.74) is 2.23. The maximum Gasteiger partial charge on any atom is 0.335 e. The van der Waals surface area contributed by atoms with Crippen LogP contribution in [0.1, 0.15) is 21.5 Å². The van der Waals surface area contributed by atoms with Crippen molar-refractivity contribution in [1.29, 1.82) is 0 Å². The van der Waals surface area contributed by atoms with E-state index < -0.39 is 17.2 Å². The van der Waals surface area contributed by atoms with Gasteiger partial charge in [-0.05, 0) is 34.0 Å². The number of hydrogen-bond donors (Lipinski definition) is 1. The summed E-state index contributed by atoms with van der Waals surface area (Å²) in [6.45, 7) is 0.537. The Morgan fingerprint density at radius 3 is 2.36 bits per heavy atom. The quantitative estimate of drug-likeness (QED) is 0.351. The Kier molecular flexibility index (Phi) is 5.92. The summed E-state index contributed by atoms with van der Waals surface area (Å²) in [4.78, 5) is 38.8. The number of carbonyl (C=O) groups is 1. The van der Waals surface area contributed by atoms with E-state index in [2.05, 4.69) is 0 Å². The van der Waals surface area contributed by atoms with E-state index in [1.54, 1.807) is 16.8 Å². The van der Waals surface area contributed by atoms with Crippen molar-refractivity contribution in [3.63, 3.8) is 0 Å². The van der Waals surface area contributed by atoms with Crippen LogP contribution >= 0.6 is 0 Å². The standard InChI is InChI=1S/C31H24N4O4/c1-33-29(36)26-27(22-13-8-14-23(17-22)30(37)38)35(19-24-15-7-12-21-11-5-6-16-25(21)24)32-28(26)34(31(33)39)18-20-9-3-2-4-10-20/h2-17H,18-19H2,1H3,(H,37,38). The molecule has 0 bridgehead atoms. The average Bonchev–Trinajstić information content (AvgIpc) is 3.34. The van der Waals surface area contributed by atoms with Crippen LogP contribution < -0.4 is 11.2 Å². The molecule has 0 fully saturated rings. The number of fused-ring (bicyclic) bond motifs is 2. The normalized spacial score (nSPS) is 11.3. The van der Waals surface area contributed by atoms with Crippen molar-refractivity contribution in [2.24, 2.45) is 7.05 Å². The SMILES string of the molecule is Cn1c(=O)c2c(-c3cccc(C(=O)O)c3)n(Cc3cccc4ccccc34)nc2n(Cc2ccccc2)c1=O. The minimum atomic E-state index is -1.07. The first kappa shape index (κ1) is 24.1. The molecule has 0 atom stereocenters. The van der Waals surface area contributed by atoms with Gasteiger partial charge in [-0.2, -0.15) is 5.10 Å². The molecule has 0 aliphatic carbocycles. The molecule has 2 aromatic heterocycles. The molecule has 192 valence electrons. The van der Waals surface area contributed by atoms with Crippen LogP contribution in [0.15, 0.2) is 107 Å². The van der Waals surface area contributed by atoms with Gasteiger partial charge in [0.2, 0.25) is 0 Å². The third-order valence-electron chi connectivity index (χ3n) is 6.99. The fraction of sp³-hybridized carbons (Fsp3) is 0.0968. The van der Waals surface area contributed by atoms with Crippen LogP contribution in [-0.2, 0) is 20.1 Å². The van der Waals surface area contributed by atoms with Gasteiger partial charge >= 0.3 is 11.7 Å². The van der Waals surface area contributed by atoms with Gasteiger partial charge in [0.05, 0.1) is 24.3 Å². The molecule has 39 heavy (non-hydrogen) atoms. The molecule has 8 nitrogen and oxygen atoms in total. The molecule has 6 aromatic rings. The second kappa shape index (κ2) is 9.57. The Labute approximate surface area is 222 Å². The molecule has 4 aromatic carbocycles. The van der Waals surface area contributed by atoms with Gasteiger partial charge in [0.25, 0.3) is 5.56 Å². The number of nitrogens with zero attached hydrogens (tertiary/aromatic N) is 4. The topological polar surface area (TPSA) is 99.1 Å². The summed E-state index contributed by atoms with van der Waals surface area (Å²) in [6, 6.07) is 29.9. The molecule has 8 heteroatoms. The van der Waals surface area contributed by atoms with E-state index >= 15 is 0 Å².